The molecule has 1 aliphatic carbocycles. The second kappa shape index (κ2) is 8.19. The third-order valence-corrected chi connectivity index (χ3v) is 5.54. The smallest absolute Gasteiger partial charge is 0.340 e. The number of aromatic nitrogens is 1. The molecule has 0 unspecified atom stereocenters. The Kier molecular flexibility index (Phi) is 5.44. The van der Waals surface area contributed by atoms with Gasteiger partial charge in [-0.2, -0.15) is 0 Å². The van der Waals surface area contributed by atoms with Crippen molar-refractivity contribution in [2.24, 2.45) is 0 Å². The Morgan fingerprint density at radius 1 is 1.03 bits per heavy atom. The Hall–Kier alpha value is -3.34. The maximum absolute atomic E-state index is 12.7. The van der Waals surface area contributed by atoms with Crippen LogP contribution in [0, 0.1) is 13.8 Å². The molecule has 1 aromatic heterocycles. The summed E-state index contributed by atoms with van der Waals surface area (Å²) in [5, 5.41) is 2.90. The fraction of sp³-hybridized carbons (Fsp3) is 0.280. The van der Waals surface area contributed by atoms with Crippen molar-refractivity contribution in [3.05, 3.63) is 77.6 Å². The molecule has 3 aromatic rings. The summed E-state index contributed by atoms with van der Waals surface area (Å²) in [5.74, 6) is -0.822. The van der Waals surface area contributed by atoms with E-state index >= 15 is 0 Å². The van der Waals surface area contributed by atoms with Crippen molar-refractivity contribution in [1.82, 2.24) is 4.57 Å². The van der Waals surface area contributed by atoms with Crippen LogP contribution < -0.4 is 5.32 Å². The minimum Gasteiger partial charge on any atom is -0.449 e. The van der Waals surface area contributed by atoms with Gasteiger partial charge in [0.2, 0.25) is 0 Å². The molecule has 1 atom stereocenters. The van der Waals surface area contributed by atoms with Crippen LogP contribution in [-0.4, -0.2) is 22.5 Å². The molecule has 4 rings (SSSR count). The largest absolute Gasteiger partial charge is 0.449 e. The van der Waals surface area contributed by atoms with Crippen molar-refractivity contribution in [3.63, 3.8) is 0 Å². The normalized spacial score (nSPS) is 14.2. The molecule has 1 saturated carbocycles. The number of nitrogens with zero attached hydrogens (tertiary/aromatic N) is 1. The highest BCUT2D eigenvalue weighted by Gasteiger charge is 2.29. The number of rotatable bonds is 6. The van der Waals surface area contributed by atoms with E-state index in [4.69, 9.17) is 4.74 Å². The molecule has 30 heavy (non-hydrogen) atoms. The third kappa shape index (κ3) is 4.01. The Balaban J connectivity index is 1.47. The van der Waals surface area contributed by atoms with E-state index in [2.05, 4.69) is 9.88 Å². The summed E-state index contributed by atoms with van der Waals surface area (Å²) in [7, 11) is 0. The zero-order valence-electron chi connectivity index (χ0n) is 17.5. The van der Waals surface area contributed by atoms with Crippen LogP contribution in [0.3, 0.4) is 0 Å². The zero-order chi connectivity index (χ0) is 21.3. The van der Waals surface area contributed by atoms with Crippen molar-refractivity contribution in [2.75, 3.05) is 5.32 Å². The Morgan fingerprint density at radius 3 is 2.40 bits per heavy atom. The van der Waals surface area contributed by atoms with Crippen LogP contribution in [0.4, 0.5) is 5.69 Å². The molecule has 2 aromatic carbocycles. The fourth-order valence-electron chi connectivity index (χ4n) is 3.85. The van der Waals surface area contributed by atoms with Gasteiger partial charge in [-0.15, -0.1) is 0 Å². The summed E-state index contributed by atoms with van der Waals surface area (Å²) in [6.45, 7) is 5.53. The van der Waals surface area contributed by atoms with E-state index < -0.39 is 12.1 Å². The standard InChI is InChI=1S/C25H26N2O3/c1-16-15-22(17(2)27(16)20-13-14-20)25(29)30-18(3)24(28)26-23-12-8-7-11-21(23)19-9-5-4-6-10-19/h4-12,15,18,20H,13-14H2,1-3H3,(H,26,28)/t18-/m1/s1. The maximum atomic E-state index is 12.7. The van der Waals surface area contributed by atoms with Gasteiger partial charge in [0.1, 0.15) is 0 Å². The molecular formula is C25H26N2O3. The number of anilines is 1. The summed E-state index contributed by atoms with van der Waals surface area (Å²) in [5.41, 5.74) is 5.09. The van der Waals surface area contributed by atoms with Crippen molar-refractivity contribution in [3.8, 4) is 11.1 Å². The molecule has 0 bridgehead atoms. The van der Waals surface area contributed by atoms with Gasteiger partial charge in [0, 0.05) is 28.7 Å². The van der Waals surface area contributed by atoms with Gasteiger partial charge in [0.15, 0.2) is 6.10 Å². The molecular weight excluding hydrogens is 376 g/mol. The third-order valence-electron chi connectivity index (χ3n) is 5.54. The summed E-state index contributed by atoms with van der Waals surface area (Å²) in [6, 6.07) is 19.8. The lowest BCUT2D eigenvalue weighted by molar-refractivity contribution is -0.123. The molecule has 1 fully saturated rings. The van der Waals surface area contributed by atoms with Crippen LogP contribution in [0.1, 0.15) is 47.6 Å². The highest BCUT2D eigenvalue weighted by atomic mass is 16.5. The van der Waals surface area contributed by atoms with E-state index in [0.29, 0.717) is 17.3 Å². The number of hydrogen-bond acceptors (Lipinski definition) is 3. The highest BCUT2D eigenvalue weighted by molar-refractivity contribution is 6.00. The van der Waals surface area contributed by atoms with E-state index in [-0.39, 0.29) is 5.91 Å². The Bertz CT molecular complexity index is 1080. The van der Waals surface area contributed by atoms with Gasteiger partial charge in [0.25, 0.3) is 5.91 Å². The number of esters is 1. The first-order valence-corrected chi connectivity index (χ1v) is 10.3. The van der Waals surface area contributed by atoms with Gasteiger partial charge < -0.3 is 14.6 Å². The molecule has 5 nitrogen and oxygen atoms in total. The monoisotopic (exact) mass is 402 g/mol. The number of hydrogen-bond donors (Lipinski definition) is 1. The second-order valence-corrected chi connectivity index (χ2v) is 7.83. The molecule has 1 N–H and O–H groups in total. The van der Waals surface area contributed by atoms with E-state index in [9.17, 15) is 9.59 Å². The van der Waals surface area contributed by atoms with Crippen LogP contribution in [0.15, 0.2) is 60.7 Å². The molecule has 154 valence electrons. The molecule has 0 saturated heterocycles. The lowest BCUT2D eigenvalue weighted by Crippen LogP contribution is -2.30. The van der Waals surface area contributed by atoms with Crippen LogP contribution >= 0.6 is 0 Å². The van der Waals surface area contributed by atoms with E-state index in [1.165, 1.54) is 0 Å². The average molecular weight is 402 g/mol. The zero-order valence-corrected chi connectivity index (χ0v) is 17.5. The summed E-state index contributed by atoms with van der Waals surface area (Å²) >= 11 is 0. The Morgan fingerprint density at radius 2 is 1.70 bits per heavy atom. The predicted molar refractivity (Wildman–Crippen MR) is 118 cm³/mol. The van der Waals surface area contributed by atoms with Gasteiger partial charge in [-0.25, -0.2) is 4.79 Å². The van der Waals surface area contributed by atoms with Gasteiger partial charge in [-0.05, 0) is 51.3 Å². The minimum absolute atomic E-state index is 0.359. The van der Waals surface area contributed by atoms with Crippen molar-refractivity contribution < 1.29 is 14.3 Å². The van der Waals surface area contributed by atoms with E-state index in [1.54, 1.807) is 6.92 Å². The Labute approximate surface area is 176 Å². The van der Waals surface area contributed by atoms with Crippen molar-refractivity contribution in [2.45, 2.75) is 45.8 Å². The van der Waals surface area contributed by atoms with Crippen molar-refractivity contribution in [1.29, 1.82) is 0 Å². The number of nitrogens with one attached hydrogen (secondary N) is 1. The lowest BCUT2D eigenvalue weighted by Gasteiger charge is -2.16. The molecule has 5 heteroatoms. The molecule has 1 amide bonds. The fourth-order valence-corrected chi connectivity index (χ4v) is 3.85. The first kappa shape index (κ1) is 20.0. The van der Waals surface area contributed by atoms with E-state index in [0.717, 1.165) is 35.4 Å². The second-order valence-electron chi connectivity index (χ2n) is 7.83. The topological polar surface area (TPSA) is 60.3 Å². The minimum atomic E-state index is -0.912. The van der Waals surface area contributed by atoms with Gasteiger partial charge in [0.05, 0.1) is 5.56 Å². The predicted octanol–water partition coefficient (Wildman–Crippen LogP) is 5.29. The summed E-state index contributed by atoms with van der Waals surface area (Å²) in [6.07, 6.45) is 1.37. The van der Waals surface area contributed by atoms with Crippen LogP contribution in [0.5, 0.6) is 0 Å². The number of benzene rings is 2. The number of carbonyl (C=O) groups excluding carboxylic acids is 2. The van der Waals surface area contributed by atoms with Crippen LogP contribution in [0.2, 0.25) is 0 Å². The number of carbonyl (C=O) groups is 2. The number of ether oxygens (including phenoxy) is 1. The van der Waals surface area contributed by atoms with Crippen LogP contribution in [-0.2, 0) is 9.53 Å². The molecule has 0 aliphatic heterocycles. The number of aryl methyl sites for hydroxylation is 1. The molecule has 1 aliphatic rings. The highest BCUT2D eigenvalue weighted by Crippen LogP contribution is 2.38. The number of amides is 1. The summed E-state index contributed by atoms with van der Waals surface area (Å²) in [4.78, 5) is 25.5. The van der Waals surface area contributed by atoms with E-state index in [1.807, 2.05) is 74.5 Å². The SMILES string of the molecule is Cc1cc(C(=O)O[C@H](C)C(=O)Nc2ccccc2-c2ccccc2)c(C)n1C1CC1. The lowest BCUT2D eigenvalue weighted by atomic mass is 10.0. The molecule has 0 radical (unpaired) electrons. The average Bonchev–Trinajstić information content (AvgIpc) is 3.53. The van der Waals surface area contributed by atoms with Crippen molar-refractivity contribution >= 4 is 17.6 Å². The van der Waals surface area contributed by atoms with Gasteiger partial charge in [-0.1, -0.05) is 48.5 Å². The van der Waals surface area contributed by atoms with Gasteiger partial charge >= 0.3 is 5.97 Å². The maximum Gasteiger partial charge on any atom is 0.340 e. The van der Waals surface area contributed by atoms with Crippen LogP contribution in [0.25, 0.3) is 11.1 Å². The molecule has 1 heterocycles. The first-order chi connectivity index (χ1) is 14.5. The molecule has 0 spiro atoms. The summed E-state index contributed by atoms with van der Waals surface area (Å²) < 4.78 is 7.69. The van der Waals surface area contributed by atoms with Gasteiger partial charge in [-0.3, -0.25) is 4.79 Å². The first-order valence-electron chi connectivity index (χ1n) is 10.3. The quantitative estimate of drug-likeness (QED) is 0.570. The number of para-hydroxylation sites is 1.